The molecule has 3 aromatic rings. The molecule has 1 aliphatic heterocycles. The van der Waals surface area contributed by atoms with Gasteiger partial charge in [-0.25, -0.2) is 9.97 Å². The van der Waals surface area contributed by atoms with Gasteiger partial charge in [0.1, 0.15) is 24.0 Å². The normalized spacial score (nSPS) is 16.4. The number of ether oxygens (including phenoxy) is 3. The van der Waals surface area contributed by atoms with Crippen LogP contribution in [-0.2, 0) is 0 Å². The number of hydrogen-bond acceptors (Lipinski definition) is 6. The second kappa shape index (κ2) is 8.15. The number of fused-ring (bicyclic) bond motifs is 1. The van der Waals surface area contributed by atoms with Crippen LogP contribution < -0.4 is 19.1 Å². The predicted molar refractivity (Wildman–Crippen MR) is 114 cm³/mol. The number of nitrogens with zero attached hydrogens (tertiary/aromatic N) is 3. The number of benzene rings is 2. The Bertz CT molecular complexity index is 1010. The first kappa shape index (κ1) is 19.3. The third-order valence-electron chi connectivity index (χ3n) is 5.40. The Labute approximate surface area is 171 Å². The SMILES string of the molecule is COc1cc2ncnc(N3CC[C@@H](Oc4ccccc4C(C)C)C3)c2cc1OC. The van der Waals surface area contributed by atoms with Crippen molar-refractivity contribution in [3.63, 3.8) is 0 Å². The summed E-state index contributed by atoms with van der Waals surface area (Å²) in [7, 11) is 3.27. The first-order chi connectivity index (χ1) is 14.1. The van der Waals surface area contributed by atoms with Crippen LogP contribution in [0.4, 0.5) is 5.82 Å². The van der Waals surface area contributed by atoms with Crippen LogP contribution in [0.5, 0.6) is 17.2 Å². The van der Waals surface area contributed by atoms with Crippen LogP contribution in [0.15, 0.2) is 42.7 Å². The van der Waals surface area contributed by atoms with Gasteiger partial charge in [0, 0.05) is 24.4 Å². The highest BCUT2D eigenvalue weighted by Crippen LogP contribution is 2.36. The minimum atomic E-state index is 0.125. The molecule has 0 bridgehead atoms. The van der Waals surface area contributed by atoms with Gasteiger partial charge in [-0.05, 0) is 23.6 Å². The van der Waals surface area contributed by atoms with Crippen LogP contribution in [0, 0.1) is 0 Å². The second-order valence-corrected chi connectivity index (χ2v) is 7.59. The lowest BCUT2D eigenvalue weighted by atomic mass is 10.0. The van der Waals surface area contributed by atoms with Crippen molar-refractivity contribution in [2.75, 3.05) is 32.2 Å². The van der Waals surface area contributed by atoms with E-state index in [0.717, 1.165) is 42.0 Å². The summed E-state index contributed by atoms with van der Waals surface area (Å²) in [4.78, 5) is 11.2. The molecule has 0 aliphatic carbocycles. The van der Waals surface area contributed by atoms with Crippen LogP contribution >= 0.6 is 0 Å². The fraction of sp³-hybridized carbons (Fsp3) is 0.391. The summed E-state index contributed by atoms with van der Waals surface area (Å²) >= 11 is 0. The number of methoxy groups -OCH3 is 2. The molecule has 4 rings (SSSR count). The summed E-state index contributed by atoms with van der Waals surface area (Å²) in [5, 5.41) is 0.952. The van der Waals surface area contributed by atoms with Crippen molar-refractivity contribution in [3.8, 4) is 17.2 Å². The molecule has 1 atom stereocenters. The van der Waals surface area contributed by atoms with Gasteiger partial charge >= 0.3 is 0 Å². The van der Waals surface area contributed by atoms with Crippen molar-refractivity contribution in [2.24, 2.45) is 0 Å². The molecule has 152 valence electrons. The number of rotatable bonds is 6. The zero-order chi connectivity index (χ0) is 20.4. The van der Waals surface area contributed by atoms with Gasteiger partial charge in [0.25, 0.3) is 0 Å². The zero-order valence-corrected chi connectivity index (χ0v) is 17.4. The topological polar surface area (TPSA) is 56.7 Å². The quantitative estimate of drug-likeness (QED) is 0.618. The van der Waals surface area contributed by atoms with Crippen LogP contribution in [0.3, 0.4) is 0 Å². The second-order valence-electron chi connectivity index (χ2n) is 7.59. The Hall–Kier alpha value is -3.02. The number of anilines is 1. The molecule has 0 unspecified atom stereocenters. The van der Waals surface area contributed by atoms with E-state index in [1.54, 1.807) is 20.5 Å². The Morgan fingerprint density at radius 2 is 1.76 bits per heavy atom. The molecule has 6 nitrogen and oxygen atoms in total. The molecule has 29 heavy (non-hydrogen) atoms. The van der Waals surface area contributed by atoms with Gasteiger partial charge in [0.2, 0.25) is 0 Å². The fourth-order valence-electron chi connectivity index (χ4n) is 3.88. The highest BCUT2D eigenvalue weighted by atomic mass is 16.5. The molecule has 1 fully saturated rings. The van der Waals surface area contributed by atoms with E-state index in [1.165, 1.54) is 5.56 Å². The summed E-state index contributed by atoms with van der Waals surface area (Å²) in [6, 6.07) is 12.1. The molecule has 1 saturated heterocycles. The van der Waals surface area contributed by atoms with Crippen LogP contribution in [0.25, 0.3) is 10.9 Å². The number of aromatic nitrogens is 2. The summed E-state index contributed by atoms with van der Waals surface area (Å²) in [5.41, 5.74) is 2.08. The van der Waals surface area contributed by atoms with E-state index >= 15 is 0 Å². The van der Waals surface area contributed by atoms with Crippen molar-refractivity contribution in [1.29, 1.82) is 0 Å². The molecule has 0 spiro atoms. The van der Waals surface area contributed by atoms with E-state index in [9.17, 15) is 0 Å². The van der Waals surface area contributed by atoms with Crippen molar-refractivity contribution >= 4 is 16.7 Å². The van der Waals surface area contributed by atoms with Crippen LogP contribution in [-0.4, -0.2) is 43.4 Å². The van der Waals surface area contributed by atoms with Gasteiger partial charge in [-0.15, -0.1) is 0 Å². The van der Waals surface area contributed by atoms with Gasteiger partial charge in [0.05, 0.1) is 26.3 Å². The van der Waals surface area contributed by atoms with E-state index in [4.69, 9.17) is 14.2 Å². The third-order valence-corrected chi connectivity index (χ3v) is 5.40. The lowest BCUT2D eigenvalue weighted by Gasteiger charge is -2.21. The van der Waals surface area contributed by atoms with E-state index in [2.05, 4.69) is 46.9 Å². The molecule has 1 aromatic heterocycles. The molecular formula is C23H27N3O3. The molecule has 1 aliphatic rings. The average Bonchev–Trinajstić information content (AvgIpc) is 3.20. The maximum absolute atomic E-state index is 6.38. The maximum Gasteiger partial charge on any atom is 0.162 e. The molecular weight excluding hydrogens is 366 g/mol. The minimum absolute atomic E-state index is 0.125. The standard InChI is InChI=1S/C23H27N3O3/c1-15(2)17-7-5-6-8-20(17)29-16-9-10-26(13-16)23-18-11-21(27-3)22(28-4)12-19(18)24-14-25-23/h5-8,11-12,14-16H,9-10,13H2,1-4H3/t16-/m1/s1. The number of hydrogen-bond donors (Lipinski definition) is 0. The largest absolute Gasteiger partial charge is 0.493 e. The minimum Gasteiger partial charge on any atom is -0.493 e. The molecule has 0 N–H and O–H groups in total. The predicted octanol–water partition coefficient (Wildman–Crippen LogP) is 4.43. The molecule has 6 heteroatoms. The van der Waals surface area contributed by atoms with E-state index in [0.29, 0.717) is 17.4 Å². The summed E-state index contributed by atoms with van der Waals surface area (Å²) in [6.45, 7) is 6.05. The van der Waals surface area contributed by atoms with Gasteiger partial charge in [0.15, 0.2) is 11.5 Å². The first-order valence-corrected chi connectivity index (χ1v) is 9.98. The first-order valence-electron chi connectivity index (χ1n) is 9.98. The van der Waals surface area contributed by atoms with Crippen molar-refractivity contribution in [2.45, 2.75) is 32.3 Å². The zero-order valence-electron chi connectivity index (χ0n) is 17.4. The van der Waals surface area contributed by atoms with Crippen LogP contribution in [0.2, 0.25) is 0 Å². The van der Waals surface area contributed by atoms with Gasteiger partial charge < -0.3 is 19.1 Å². The third kappa shape index (κ3) is 3.79. The Morgan fingerprint density at radius 1 is 1.00 bits per heavy atom. The average molecular weight is 393 g/mol. The lowest BCUT2D eigenvalue weighted by Crippen LogP contribution is -2.25. The maximum atomic E-state index is 6.38. The van der Waals surface area contributed by atoms with Gasteiger partial charge in [-0.3, -0.25) is 0 Å². The van der Waals surface area contributed by atoms with Gasteiger partial charge in [-0.1, -0.05) is 32.0 Å². The smallest absolute Gasteiger partial charge is 0.162 e. The van der Waals surface area contributed by atoms with Gasteiger partial charge in [-0.2, -0.15) is 0 Å². The van der Waals surface area contributed by atoms with E-state index in [1.807, 2.05) is 18.2 Å². The van der Waals surface area contributed by atoms with Crippen molar-refractivity contribution in [1.82, 2.24) is 9.97 Å². The molecule has 2 aromatic carbocycles. The Morgan fingerprint density at radius 3 is 2.52 bits per heavy atom. The molecule has 0 saturated carbocycles. The highest BCUT2D eigenvalue weighted by molar-refractivity contribution is 5.92. The summed E-state index contributed by atoms with van der Waals surface area (Å²) < 4.78 is 17.3. The van der Waals surface area contributed by atoms with Crippen molar-refractivity contribution in [3.05, 3.63) is 48.3 Å². The highest BCUT2D eigenvalue weighted by Gasteiger charge is 2.27. The fourth-order valence-corrected chi connectivity index (χ4v) is 3.88. The number of para-hydroxylation sites is 1. The Balaban J connectivity index is 1.59. The summed E-state index contributed by atoms with van der Waals surface area (Å²) in [5.74, 6) is 3.65. The monoisotopic (exact) mass is 393 g/mol. The van der Waals surface area contributed by atoms with Crippen LogP contribution in [0.1, 0.15) is 31.7 Å². The molecule has 2 heterocycles. The molecule has 0 radical (unpaired) electrons. The molecule has 0 amide bonds. The Kier molecular flexibility index (Phi) is 5.43. The van der Waals surface area contributed by atoms with E-state index in [-0.39, 0.29) is 6.10 Å². The van der Waals surface area contributed by atoms with E-state index < -0.39 is 0 Å². The summed E-state index contributed by atoms with van der Waals surface area (Å²) in [6.07, 6.45) is 2.68. The van der Waals surface area contributed by atoms with Crippen molar-refractivity contribution < 1.29 is 14.2 Å². The lowest BCUT2D eigenvalue weighted by molar-refractivity contribution is 0.222.